The predicted octanol–water partition coefficient (Wildman–Crippen LogP) is 6.00. The number of sulfonamides is 1. The van der Waals surface area contributed by atoms with Gasteiger partial charge in [0, 0.05) is 24.6 Å². The summed E-state index contributed by atoms with van der Waals surface area (Å²) < 4.78 is 53.6. The van der Waals surface area contributed by atoms with E-state index in [0.717, 1.165) is 18.4 Å². The minimum Gasteiger partial charge on any atom is -0.493 e. The van der Waals surface area contributed by atoms with Gasteiger partial charge >= 0.3 is 0 Å². The normalized spacial score (nSPS) is 15.3. The molecule has 0 radical (unpaired) electrons. The van der Waals surface area contributed by atoms with Crippen molar-refractivity contribution in [1.29, 1.82) is 0 Å². The van der Waals surface area contributed by atoms with Gasteiger partial charge in [0.25, 0.3) is 15.9 Å². The number of anilines is 1. The number of ether oxygens (including phenoxy) is 4. The first-order chi connectivity index (χ1) is 20.1. The van der Waals surface area contributed by atoms with Crippen LogP contribution in [-0.2, 0) is 20.2 Å². The summed E-state index contributed by atoms with van der Waals surface area (Å²) in [4.78, 5) is 13.4. The van der Waals surface area contributed by atoms with Crippen molar-refractivity contribution in [3.05, 3.63) is 78.6 Å². The van der Waals surface area contributed by atoms with Gasteiger partial charge in [0.2, 0.25) is 5.75 Å². The highest BCUT2D eigenvalue weighted by molar-refractivity contribution is 7.92. The molecule has 1 fully saturated rings. The maximum Gasteiger partial charge on any atom is 0.263 e. The lowest BCUT2D eigenvalue weighted by molar-refractivity contribution is 0.0654. The van der Waals surface area contributed by atoms with E-state index in [1.807, 2.05) is 0 Å². The number of aromatic nitrogens is 3. The molecule has 11 heteroatoms. The lowest BCUT2D eigenvalue weighted by atomic mass is 9.87. The largest absolute Gasteiger partial charge is 0.493 e. The van der Waals surface area contributed by atoms with Crippen LogP contribution in [0.3, 0.4) is 0 Å². The standard InChI is InChI=1S/C31H34N4O6S/c1-31(2,3)22-11-13-24(14-12-22)42(36,37)35-29-27(41-26-10-6-5-9-25(26)38-4)30(40-20-23-8-7-19-39-23)34-28(33-29)21-15-17-32-18-16-21/h5-6,9-18,23H,7-8,19-20H2,1-4H3,(H,33,34,35)/t23-/m1/s1. The number of rotatable bonds is 10. The van der Waals surface area contributed by atoms with E-state index < -0.39 is 10.0 Å². The molecule has 3 heterocycles. The highest BCUT2D eigenvalue weighted by Crippen LogP contribution is 2.42. The van der Waals surface area contributed by atoms with Crippen molar-refractivity contribution in [3.63, 3.8) is 0 Å². The smallest absolute Gasteiger partial charge is 0.263 e. The summed E-state index contributed by atoms with van der Waals surface area (Å²) in [6, 6.07) is 17.2. The van der Waals surface area contributed by atoms with E-state index in [2.05, 4.69) is 40.4 Å². The second-order valence-corrected chi connectivity index (χ2v) is 12.5. The second-order valence-electron chi connectivity index (χ2n) is 10.8. The molecular formula is C31H34N4O6S. The fourth-order valence-electron chi connectivity index (χ4n) is 4.40. The maximum atomic E-state index is 13.7. The van der Waals surface area contributed by atoms with Crippen molar-refractivity contribution < 1.29 is 27.4 Å². The lowest BCUT2D eigenvalue weighted by Crippen LogP contribution is -2.19. The molecule has 2 aromatic heterocycles. The van der Waals surface area contributed by atoms with Crippen LogP contribution in [0.4, 0.5) is 5.82 Å². The molecule has 0 aliphatic carbocycles. The first-order valence-electron chi connectivity index (χ1n) is 13.6. The van der Waals surface area contributed by atoms with Gasteiger partial charge in [0.1, 0.15) is 6.61 Å². The molecule has 1 saturated heterocycles. The van der Waals surface area contributed by atoms with Crippen molar-refractivity contribution in [3.8, 4) is 34.5 Å². The summed E-state index contributed by atoms with van der Waals surface area (Å²) in [6.45, 7) is 7.06. The van der Waals surface area contributed by atoms with Crippen LogP contribution < -0.4 is 18.9 Å². The molecule has 0 spiro atoms. The molecule has 1 aliphatic heterocycles. The molecule has 0 saturated carbocycles. The average Bonchev–Trinajstić information content (AvgIpc) is 3.51. The summed E-state index contributed by atoms with van der Waals surface area (Å²) in [5.74, 6) is 0.951. The maximum absolute atomic E-state index is 13.7. The third-order valence-electron chi connectivity index (χ3n) is 6.75. The number of hydrogen-bond donors (Lipinski definition) is 1. The fraction of sp³-hybridized carbons (Fsp3) is 0.323. The fourth-order valence-corrected chi connectivity index (χ4v) is 5.41. The van der Waals surface area contributed by atoms with Gasteiger partial charge in [0.05, 0.1) is 18.1 Å². The summed E-state index contributed by atoms with van der Waals surface area (Å²) in [5.41, 5.74) is 1.49. The Morgan fingerprint density at radius 1 is 0.976 bits per heavy atom. The van der Waals surface area contributed by atoms with Crippen LogP contribution in [0.1, 0.15) is 39.2 Å². The van der Waals surface area contributed by atoms with Crippen LogP contribution in [-0.4, -0.2) is 49.8 Å². The molecule has 42 heavy (non-hydrogen) atoms. The molecule has 5 rings (SSSR count). The quantitative estimate of drug-likeness (QED) is 0.237. The molecule has 1 N–H and O–H groups in total. The minimum absolute atomic E-state index is 0.00908. The average molecular weight is 591 g/mol. The number of nitrogens with zero attached hydrogens (tertiary/aromatic N) is 3. The monoisotopic (exact) mass is 590 g/mol. The number of benzene rings is 2. The van der Waals surface area contributed by atoms with E-state index >= 15 is 0 Å². The second kappa shape index (κ2) is 12.3. The Kier molecular flexibility index (Phi) is 8.60. The number of methoxy groups -OCH3 is 1. The van der Waals surface area contributed by atoms with Crippen LogP contribution >= 0.6 is 0 Å². The van der Waals surface area contributed by atoms with Crippen molar-refractivity contribution in [1.82, 2.24) is 15.0 Å². The third-order valence-corrected chi connectivity index (χ3v) is 8.10. The van der Waals surface area contributed by atoms with E-state index in [4.69, 9.17) is 18.9 Å². The van der Waals surface area contributed by atoms with Gasteiger partial charge in [-0.05, 0) is 60.2 Å². The Morgan fingerprint density at radius 3 is 2.33 bits per heavy atom. The number of hydrogen-bond acceptors (Lipinski definition) is 9. The van der Waals surface area contributed by atoms with Crippen LogP contribution in [0.5, 0.6) is 23.1 Å². The van der Waals surface area contributed by atoms with E-state index in [1.54, 1.807) is 73.1 Å². The summed E-state index contributed by atoms with van der Waals surface area (Å²) in [7, 11) is -2.58. The Balaban J connectivity index is 1.61. The minimum atomic E-state index is -4.10. The molecule has 1 aliphatic rings. The zero-order chi connectivity index (χ0) is 29.7. The Hall–Kier alpha value is -4.22. The number of para-hydroxylation sites is 2. The SMILES string of the molecule is COc1ccccc1Oc1c(NS(=O)(=O)c2ccc(C(C)(C)C)cc2)nc(-c2ccncc2)nc1OC[C@H]1CCCO1. The Labute approximate surface area is 246 Å². The van der Waals surface area contributed by atoms with Gasteiger partial charge in [-0.15, -0.1) is 0 Å². The summed E-state index contributed by atoms with van der Waals surface area (Å²) in [5, 5.41) is 0. The van der Waals surface area contributed by atoms with Crippen LogP contribution in [0.2, 0.25) is 0 Å². The third kappa shape index (κ3) is 6.80. The predicted molar refractivity (Wildman–Crippen MR) is 159 cm³/mol. The van der Waals surface area contributed by atoms with Gasteiger partial charge in [-0.25, -0.2) is 13.4 Å². The van der Waals surface area contributed by atoms with E-state index in [9.17, 15) is 8.42 Å². The molecule has 2 aromatic carbocycles. The van der Waals surface area contributed by atoms with Crippen LogP contribution in [0, 0.1) is 0 Å². The Bertz CT molecular complexity index is 1620. The van der Waals surface area contributed by atoms with Gasteiger partial charge in [-0.1, -0.05) is 45.0 Å². The molecule has 220 valence electrons. The topological polar surface area (TPSA) is 122 Å². The molecule has 10 nitrogen and oxygen atoms in total. The van der Waals surface area contributed by atoms with Crippen molar-refractivity contribution in [2.75, 3.05) is 25.0 Å². The van der Waals surface area contributed by atoms with E-state index in [0.29, 0.717) is 23.7 Å². The first kappa shape index (κ1) is 29.3. The number of pyridine rings is 1. The van der Waals surface area contributed by atoms with Gasteiger partial charge < -0.3 is 18.9 Å². The highest BCUT2D eigenvalue weighted by Gasteiger charge is 2.27. The van der Waals surface area contributed by atoms with Crippen LogP contribution in [0.15, 0.2) is 78.0 Å². The van der Waals surface area contributed by atoms with Gasteiger partial charge in [-0.2, -0.15) is 4.98 Å². The van der Waals surface area contributed by atoms with E-state index in [1.165, 1.54) is 7.11 Å². The summed E-state index contributed by atoms with van der Waals surface area (Å²) in [6.07, 6.45) is 4.86. The van der Waals surface area contributed by atoms with Crippen LogP contribution in [0.25, 0.3) is 11.4 Å². The molecule has 0 amide bonds. The van der Waals surface area contributed by atoms with Gasteiger partial charge in [-0.3, -0.25) is 9.71 Å². The zero-order valence-corrected chi connectivity index (χ0v) is 24.8. The van der Waals surface area contributed by atoms with Crippen molar-refractivity contribution in [2.24, 2.45) is 0 Å². The molecule has 0 unspecified atom stereocenters. The Morgan fingerprint density at radius 2 is 1.69 bits per heavy atom. The van der Waals surface area contributed by atoms with E-state index in [-0.39, 0.29) is 46.3 Å². The first-order valence-corrected chi connectivity index (χ1v) is 15.1. The summed E-state index contributed by atoms with van der Waals surface area (Å²) >= 11 is 0. The van der Waals surface area contributed by atoms with Crippen molar-refractivity contribution >= 4 is 15.8 Å². The lowest BCUT2D eigenvalue weighted by Gasteiger charge is -2.20. The zero-order valence-electron chi connectivity index (χ0n) is 24.0. The van der Waals surface area contributed by atoms with Crippen molar-refractivity contribution in [2.45, 2.75) is 50.0 Å². The molecule has 4 aromatic rings. The molecular weight excluding hydrogens is 556 g/mol. The number of nitrogens with one attached hydrogen (secondary N) is 1. The molecule has 1 atom stereocenters. The molecule has 0 bridgehead atoms. The van der Waals surface area contributed by atoms with Gasteiger partial charge in [0.15, 0.2) is 23.1 Å². The highest BCUT2D eigenvalue weighted by atomic mass is 32.2.